The zero-order valence-corrected chi connectivity index (χ0v) is 17.1. The fourth-order valence-electron chi connectivity index (χ4n) is 2.59. The Balaban J connectivity index is 1.76. The summed E-state index contributed by atoms with van der Waals surface area (Å²) >= 11 is 2.72. The van der Waals surface area contributed by atoms with Crippen molar-refractivity contribution in [2.24, 2.45) is 0 Å². The van der Waals surface area contributed by atoms with Gasteiger partial charge in [-0.15, -0.1) is 11.8 Å². The Labute approximate surface area is 176 Å². The number of pyridine rings is 2. The average molecular weight is 421 g/mol. The van der Waals surface area contributed by atoms with Gasteiger partial charge in [0.15, 0.2) is 0 Å². The minimum absolute atomic E-state index is 0.0727. The Morgan fingerprint density at radius 2 is 2.07 bits per heavy atom. The minimum atomic E-state index is -0.188. The Morgan fingerprint density at radius 3 is 2.69 bits per heavy atom. The van der Waals surface area contributed by atoms with E-state index in [4.69, 9.17) is 5.73 Å². The molecule has 0 atom stereocenters. The average Bonchev–Trinajstić information content (AvgIpc) is 3.23. The normalized spacial score (nSPS) is 10.2. The lowest BCUT2D eigenvalue weighted by Crippen LogP contribution is -2.13. The molecule has 0 saturated carbocycles. The maximum Gasteiger partial charge on any atom is 0.226 e. The largest absolute Gasteiger partial charge is 0.383 e. The van der Waals surface area contributed by atoms with Crippen LogP contribution in [0.25, 0.3) is 11.1 Å². The molecular formula is C20H16N6OS2. The zero-order chi connectivity index (χ0) is 20.8. The summed E-state index contributed by atoms with van der Waals surface area (Å²) in [6.45, 7) is 1.92. The van der Waals surface area contributed by atoms with E-state index < -0.39 is 0 Å². The Morgan fingerprint density at radius 1 is 1.28 bits per heavy atom. The molecule has 3 aromatic heterocycles. The zero-order valence-electron chi connectivity index (χ0n) is 15.5. The monoisotopic (exact) mass is 420 g/mol. The van der Waals surface area contributed by atoms with Gasteiger partial charge in [0.1, 0.15) is 34.4 Å². The van der Waals surface area contributed by atoms with Crippen LogP contribution in [0, 0.1) is 29.6 Å². The minimum Gasteiger partial charge on any atom is -0.383 e. The van der Waals surface area contributed by atoms with Gasteiger partial charge >= 0.3 is 0 Å². The van der Waals surface area contributed by atoms with E-state index in [1.54, 1.807) is 12.3 Å². The van der Waals surface area contributed by atoms with Gasteiger partial charge in [-0.05, 0) is 40.9 Å². The first-order valence-corrected chi connectivity index (χ1v) is 10.5. The fraction of sp³-hybridized carbons (Fsp3) is 0.150. The van der Waals surface area contributed by atoms with Crippen LogP contribution in [0.1, 0.15) is 23.1 Å². The molecule has 0 fully saturated rings. The number of nitrogen functional groups attached to an aromatic ring is 1. The highest BCUT2D eigenvalue weighted by Crippen LogP contribution is 2.36. The van der Waals surface area contributed by atoms with E-state index in [-0.39, 0.29) is 23.7 Å². The SMILES string of the molecule is Cc1ccc(NC(=O)CCSc2nc(N)c(C#N)c(-c3ccsc3)c2C#N)nc1. The summed E-state index contributed by atoms with van der Waals surface area (Å²) in [5.41, 5.74) is 8.69. The first-order chi connectivity index (χ1) is 14.0. The number of aryl methyl sites for hydroxylation is 1. The van der Waals surface area contributed by atoms with Gasteiger partial charge in [0, 0.05) is 23.9 Å². The molecule has 0 aliphatic rings. The highest BCUT2D eigenvalue weighted by atomic mass is 32.2. The van der Waals surface area contributed by atoms with Gasteiger partial charge in [-0.25, -0.2) is 9.97 Å². The van der Waals surface area contributed by atoms with Crippen LogP contribution < -0.4 is 11.1 Å². The summed E-state index contributed by atoms with van der Waals surface area (Å²) < 4.78 is 0. The molecule has 0 aliphatic heterocycles. The number of nitrogens with two attached hydrogens (primary N) is 1. The summed E-state index contributed by atoms with van der Waals surface area (Å²) in [5, 5.41) is 26.0. The van der Waals surface area contributed by atoms with E-state index in [0.717, 1.165) is 11.1 Å². The second-order valence-corrected chi connectivity index (χ2v) is 7.89. The number of carbonyl (C=O) groups is 1. The molecule has 7 nitrogen and oxygen atoms in total. The number of thiophene rings is 1. The Kier molecular flexibility index (Phi) is 6.45. The molecule has 0 spiro atoms. The van der Waals surface area contributed by atoms with Crippen molar-refractivity contribution < 1.29 is 4.79 Å². The number of aromatic nitrogens is 2. The van der Waals surface area contributed by atoms with Crippen LogP contribution in [0.5, 0.6) is 0 Å². The van der Waals surface area contributed by atoms with Crippen molar-refractivity contribution in [1.82, 2.24) is 9.97 Å². The number of thioether (sulfide) groups is 1. The first kappa shape index (κ1) is 20.3. The van der Waals surface area contributed by atoms with E-state index >= 15 is 0 Å². The van der Waals surface area contributed by atoms with E-state index in [1.165, 1.54) is 23.1 Å². The summed E-state index contributed by atoms with van der Waals surface area (Å²) in [6.07, 6.45) is 1.89. The Bertz CT molecular complexity index is 1110. The molecule has 0 bridgehead atoms. The number of hydrogen-bond donors (Lipinski definition) is 2. The standard InChI is InChI=1S/C20H16N6OS2/c1-12-2-3-16(24-10-12)25-17(27)5-7-29-20-15(9-22)18(13-4-6-28-11-13)14(8-21)19(23)26-20/h2-4,6,10-11H,5,7H2,1H3,(H2,23,26)(H,24,25,27). The number of nitriles is 2. The first-order valence-electron chi connectivity index (χ1n) is 8.55. The molecule has 3 heterocycles. The van der Waals surface area contributed by atoms with Crippen molar-refractivity contribution in [3.05, 3.63) is 51.8 Å². The molecule has 0 aliphatic carbocycles. The van der Waals surface area contributed by atoms with Crippen molar-refractivity contribution in [2.45, 2.75) is 18.4 Å². The van der Waals surface area contributed by atoms with Crippen LogP contribution in [0.3, 0.4) is 0 Å². The van der Waals surface area contributed by atoms with Gasteiger partial charge in [0.05, 0.1) is 5.56 Å². The van der Waals surface area contributed by atoms with Crippen molar-refractivity contribution >= 4 is 40.6 Å². The number of rotatable bonds is 6. The lowest BCUT2D eigenvalue weighted by molar-refractivity contribution is -0.115. The molecule has 29 heavy (non-hydrogen) atoms. The van der Waals surface area contributed by atoms with Gasteiger partial charge in [-0.3, -0.25) is 4.79 Å². The molecule has 0 unspecified atom stereocenters. The van der Waals surface area contributed by atoms with Gasteiger partial charge in [-0.2, -0.15) is 21.9 Å². The molecule has 1 amide bonds. The number of hydrogen-bond acceptors (Lipinski definition) is 8. The van der Waals surface area contributed by atoms with Crippen molar-refractivity contribution in [3.63, 3.8) is 0 Å². The van der Waals surface area contributed by atoms with E-state index in [1.807, 2.05) is 35.9 Å². The van der Waals surface area contributed by atoms with Crippen molar-refractivity contribution in [2.75, 3.05) is 16.8 Å². The third-order valence-electron chi connectivity index (χ3n) is 3.97. The highest BCUT2D eigenvalue weighted by Gasteiger charge is 2.20. The smallest absolute Gasteiger partial charge is 0.226 e. The molecular weight excluding hydrogens is 404 g/mol. The van der Waals surface area contributed by atoms with E-state index in [0.29, 0.717) is 27.7 Å². The molecule has 144 valence electrons. The van der Waals surface area contributed by atoms with Crippen molar-refractivity contribution in [1.29, 1.82) is 10.5 Å². The van der Waals surface area contributed by atoms with Crippen LogP contribution in [0.2, 0.25) is 0 Å². The van der Waals surface area contributed by atoms with E-state index in [9.17, 15) is 15.3 Å². The third-order valence-corrected chi connectivity index (χ3v) is 5.63. The molecule has 0 aromatic carbocycles. The fourth-order valence-corrected chi connectivity index (χ4v) is 4.17. The summed E-state index contributed by atoms with van der Waals surface area (Å²) in [6, 6.07) is 9.63. The van der Waals surface area contributed by atoms with E-state index in [2.05, 4.69) is 21.4 Å². The highest BCUT2D eigenvalue weighted by molar-refractivity contribution is 7.99. The number of anilines is 2. The number of amides is 1. The van der Waals surface area contributed by atoms with Crippen LogP contribution in [-0.2, 0) is 4.79 Å². The summed E-state index contributed by atoms with van der Waals surface area (Å²) in [4.78, 5) is 20.5. The topological polar surface area (TPSA) is 128 Å². The summed E-state index contributed by atoms with van der Waals surface area (Å²) in [5.74, 6) is 0.771. The lowest BCUT2D eigenvalue weighted by Gasteiger charge is -2.11. The number of carbonyl (C=O) groups excluding carboxylic acids is 1. The second kappa shape index (κ2) is 9.20. The molecule has 9 heteroatoms. The summed E-state index contributed by atoms with van der Waals surface area (Å²) in [7, 11) is 0. The predicted molar refractivity (Wildman–Crippen MR) is 114 cm³/mol. The van der Waals surface area contributed by atoms with Crippen LogP contribution in [0.4, 0.5) is 11.6 Å². The molecule has 3 aromatic rings. The maximum atomic E-state index is 12.1. The van der Waals surface area contributed by atoms with Gasteiger partial charge in [0.2, 0.25) is 5.91 Å². The quantitative estimate of drug-likeness (QED) is 0.577. The molecule has 0 radical (unpaired) electrons. The van der Waals surface area contributed by atoms with Crippen LogP contribution in [0.15, 0.2) is 40.2 Å². The van der Waals surface area contributed by atoms with Crippen LogP contribution >= 0.6 is 23.1 Å². The Hall–Kier alpha value is -3.40. The number of nitrogens with one attached hydrogen (secondary N) is 1. The van der Waals surface area contributed by atoms with Crippen molar-refractivity contribution in [3.8, 4) is 23.3 Å². The third kappa shape index (κ3) is 4.72. The van der Waals surface area contributed by atoms with Gasteiger partial charge < -0.3 is 11.1 Å². The molecule has 0 saturated heterocycles. The lowest BCUT2D eigenvalue weighted by atomic mass is 9.99. The van der Waals surface area contributed by atoms with Crippen LogP contribution in [-0.4, -0.2) is 21.6 Å². The molecule has 3 N–H and O–H groups in total. The molecule has 3 rings (SSSR count). The van der Waals surface area contributed by atoms with Gasteiger partial charge in [0.25, 0.3) is 0 Å². The van der Waals surface area contributed by atoms with Gasteiger partial charge in [-0.1, -0.05) is 6.07 Å². The number of nitrogens with zero attached hydrogens (tertiary/aromatic N) is 4. The maximum absolute atomic E-state index is 12.1. The predicted octanol–water partition coefficient (Wildman–Crippen LogP) is 3.96. The second-order valence-electron chi connectivity index (χ2n) is 6.03.